The minimum Gasteiger partial charge on any atom is -0.386 e. The first-order chi connectivity index (χ1) is 11.5. The molecule has 2 aromatic heterocycles. The van der Waals surface area contributed by atoms with Crippen molar-refractivity contribution in [3.63, 3.8) is 0 Å². The van der Waals surface area contributed by atoms with Gasteiger partial charge >= 0.3 is 0 Å². The molecule has 1 aliphatic heterocycles. The van der Waals surface area contributed by atoms with E-state index in [9.17, 15) is 14.3 Å². The Morgan fingerprint density at radius 1 is 1.54 bits per heavy atom. The predicted octanol–water partition coefficient (Wildman–Crippen LogP) is 1.01. The maximum atomic E-state index is 12.9. The van der Waals surface area contributed by atoms with E-state index in [0.717, 1.165) is 17.7 Å². The average molecular weight is 351 g/mol. The molecule has 1 aliphatic rings. The van der Waals surface area contributed by atoms with Gasteiger partial charge in [0.15, 0.2) is 0 Å². The molecule has 1 amide bonds. The van der Waals surface area contributed by atoms with Crippen LogP contribution in [0.25, 0.3) is 0 Å². The summed E-state index contributed by atoms with van der Waals surface area (Å²) in [7, 11) is 0. The number of anilines is 1. The Morgan fingerprint density at radius 3 is 3.08 bits per heavy atom. The Balaban J connectivity index is 1.59. The fraction of sp³-hybridized carbons (Fsp3) is 0.467. The maximum absolute atomic E-state index is 12.9. The van der Waals surface area contributed by atoms with Crippen molar-refractivity contribution in [3.05, 3.63) is 34.7 Å². The van der Waals surface area contributed by atoms with Crippen LogP contribution in [0, 0.1) is 5.82 Å². The van der Waals surface area contributed by atoms with Crippen LogP contribution >= 0.6 is 11.5 Å². The lowest BCUT2D eigenvalue weighted by Gasteiger charge is -2.24. The summed E-state index contributed by atoms with van der Waals surface area (Å²) < 4.78 is 16.7. The highest BCUT2D eigenvalue weighted by Crippen LogP contribution is 2.25. The van der Waals surface area contributed by atoms with Crippen molar-refractivity contribution in [2.75, 3.05) is 24.5 Å². The first-order valence-electron chi connectivity index (χ1n) is 7.69. The average Bonchev–Trinajstić information content (AvgIpc) is 3.20. The number of aryl methyl sites for hydroxylation is 1. The van der Waals surface area contributed by atoms with Crippen molar-refractivity contribution < 1.29 is 14.3 Å². The number of nitrogens with zero attached hydrogens (tertiary/aromatic N) is 4. The van der Waals surface area contributed by atoms with Gasteiger partial charge in [-0.3, -0.25) is 4.79 Å². The number of carbonyl (C=O) groups is 1. The standard InChI is InChI=1S/C15H18FN5O2S/c1-2-11-13(24-20-19-11)14(22)18-8-15(23)5-6-21(9-15)12-4-3-10(16)7-17-12/h3-4,7,23H,2,5-6,8-9H2,1H3,(H,18,22)/t15-/m0/s1. The molecule has 1 atom stereocenters. The van der Waals surface area contributed by atoms with E-state index in [2.05, 4.69) is 19.9 Å². The fourth-order valence-corrected chi connectivity index (χ4v) is 3.36. The van der Waals surface area contributed by atoms with Gasteiger partial charge in [0, 0.05) is 19.6 Å². The lowest BCUT2D eigenvalue weighted by Crippen LogP contribution is -2.45. The molecule has 0 spiro atoms. The van der Waals surface area contributed by atoms with Gasteiger partial charge in [0.25, 0.3) is 5.91 Å². The van der Waals surface area contributed by atoms with Gasteiger partial charge in [-0.05, 0) is 36.5 Å². The van der Waals surface area contributed by atoms with Crippen molar-refractivity contribution in [1.82, 2.24) is 19.9 Å². The number of pyridine rings is 1. The topological polar surface area (TPSA) is 91.2 Å². The van der Waals surface area contributed by atoms with Gasteiger partial charge in [-0.15, -0.1) is 5.10 Å². The third-order valence-electron chi connectivity index (χ3n) is 4.04. The van der Waals surface area contributed by atoms with Crippen LogP contribution in [0.15, 0.2) is 18.3 Å². The lowest BCUT2D eigenvalue weighted by molar-refractivity contribution is 0.0576. The molecular weight excluding hydrogens is 333 g/mol. The Morgan fingerprint density at radius 2 is 2.38 bits per heavy atom. The second kappa shape index (κ2) is 6.78. The van der Waals surface area contributed by atoms with E-state index >= 15 is 0 Å². The zero-order chi connectivity index (χ0) is 17.2. The highest BCUT2D eigenvalue weighted by Gasteiger charge is 2.37. The number of carbonyl (C=O) groups excluding carboxylic acids is 1. The van der Waals surface area contributed by atoms with Crippen LogP contribution in [-0.4, -0.2) is 50.8 Å². The first-order valence-corrected chi connectivity index (χ1v) is 8.46. The quantitative estimate of drug-likeness (QED) is 0.835. The van der Waals surface area contributed by atoms with Crippen molar-refractivity contribution in [2.24, 2.45) is 0 Å². The molecule has 7 nitrogen and oxygen atoms in total. The molecule has 0 radical (unpaired) electrons. The summed E-state index contributed by atoms with van der Waals surface area (Å²) in [6.07, 6.45) is 2.28. The lowest BCUT2D eigenvalue weighted by atomic mass is 10.0. The monoisotopic (exact) mass is 351 g/mol. The molecule has 0 bridgehead atoms. The van der Waals surface area contributed by atoms with E-state index in [0.29, 0.717) is 42.3 Å². The zero-order valence-corrected chi connectivity index (χ0v) is 14.0. The third kappa shape index (κ3) is 3.51. The number of amides is 1. The first kappa shape index (κ1) is 16.7. The molecule has 1 saturated heterocycles. The van der Waals surface area contributed by atoms with Crippen LogP contribution < -0.4 is 10.2 Å². The van der Waals surface area contributed by atoms with E-state index in [1.807, 2.05) is 11.8 Å². The molecular formula is C15H18FN5O2S. The molecule has 24 heavy (non-hydrogen) atoms. The fourth-order valence-electron chi connectivity index (χ4n) is 2.69. The molecule has 1 fully saturated rings. The van der Waals surface area contributed by atoms with Gasteiger partial charge in [0.05, 0.1) is 11.9 Å². The van der Waals surface area contributed by atoms with Gasteiger partial charge in [0.1, 0.15) is 22.1 Å². The van der Waals surface area contributed by atoms with E-state index in [1.165, 1.54) is 6.07 Å². The van der Waals surface area contributed by atoms with Crippen LogP contribution in [0.1, 0.15) is 28.7 Å². The maximum Gasteiger partial charge on any atom is 0.265 e. The van der Waals surface area contributed by atoms with Crippen molar-refractivity contribution in [3.8, 4) is 0 Å². The Hall–Kier alpha value is -2.13. The number of hydrogen-bond acceptors (Lipinski definition) is 7. The number of aliphatic hydroxyl groups is 1. The van der Waals surface area contributed by atoms with E-state index in [1.54, 1.807) is 6.07 Å². The minimum atomic E-state index is -1.05. The van der Waals surface area contributed by atoms with Gasteiger partial charge in [-0.2, -0.15) is 0 Å². The molecule has 0 unspecified atom stereocenters. The summed E-state index contributed by atoms with van der Waals surface area (Å²) in [5, 5.41) is 17.3. The molecule has 3 rings (SSSR count). The van der Waals surface area contributed by atoms with E-state index in [4.69, 9.17) is 0 Å². The third-order valence-corrected chi connectivity index (χ3v) is 4.81. The summed E-state index contributed by atoms with van der Waals surface area (Å²) in [6, 6.07) is 2.92. The molecule has 0 aromatic carbocycles. The summed E-state index contributed by atoms with van der Waals surface area (Å²) in [4.78, 5) is 18.6. The van der Waals surface area contributed by atoms with Crippen LogP contribution in [0.3, 0.4) is 0 Å². The largest absolute Gasteiger partial charge is 0.386 e. The number of halogens is 1. The highest BCUT2D eigenvalue weighted by atomic mass is 32.1. The molecule has 128 valence electrons. The van der Waals surface area contributed by atoms with Crippen molar-refractivity contribution in [2.45, 2.75) is 25.4 Å². The van der Waals surface area contributed by atoms with Gasteiger partial charge in [-0.1, -0.05) is 11.4 Å². The number of rotatable bonds is 5. The normalized spacial score (nSPS) is 20.4. The van der Waals surface area contributed by atoms with E-state index < -0.39 is 11.4 Å². The number of nitrogens with one attached hydrogen (secondary N) is 1. The zero-order valence-electron chi connectivity index (χ0n) is 13.2. The Bertz CT molecular complexity index is 723. The van der Waals surface area contributed by atoms with Gasteiger partial charge < -0.3 is 15.3 Å². The molecule has 0 aliphatic carbocycles. The Labute approximate surface area is 142 Å². The second-order valence-electron chi connectivity index (χ2n) is 5.82. The smallest absolute Gasteiger partial charge is 0.265 e. The number of β-amino-alcohol motifs (C(OH)–C–C–N with tert-alkyl or cyclic N) is 1. The number of aromatic nitrogens is 3. The molecule has 9 heteroatoms. The minimum absolute atomic E-state index is 0.130. The highest BCUT2D eigenvalue weighted by molar-refractivity contribution is 7.08. The van der Waals surface area contributed by atoms with Crippen LogP contribution in [0.5, 0.6) is 0 Å². The summed E-state index contributed by atoms with van der Waals surface area (Å²) in [5.74, 6) is -0.0578. The van der Waals surface area contributed by atoms with Crippen LogP contribution in [0.4, 0.5) is 10.2 Å². The number of hydrogen-bond donors (Lipinski definition) is 2. The van der Waals surface area contributed by atoms with E-state index in [-0.39, 0.29) is 12.5 Å². The summed E-state index contributed by atoms with van der Waals surface area (Å²) in [5.41, 5.74) is -0.385. The molecule has 0 saturated carbocycles. The van der Waals surface area contributed by atoms with Gasteiger partial charge in [0.2, 0.25) is 0 Å². The molecule has 2 N–H and O–H groups in total. The van der Waals surface area contributed by atoms with Crippen LogP contribution in [-0.2, 0) is 6.42 Å². The van der Waals surface area contributed by atoms with Crippen molar-refractivity contribution in [1.29, 1.82) is 0 Å². The van der Waals surface area contributed by atoms with Crippen LogP contribution in [0.2, 0.25) is 0 Å². The van der Waals surface area contributed by atoms with Crippen molar-refractivity contribution >= 4 is 23.3 Å². The predicted molar refractivity (Wildman–Crippen MR) is 87.6 cm³/mol. The summed E-state index contributed by atoms with van der Waals surface area (Å²) >= 11 is 1.05. The molecule has 2 aromatic rings. The van der Waals surface area contributed by atoms with Gasteiger partial charge in [-0.25, -0.2) is 9.37 Å². The second-order valence-corrected chi connectivity index (χ2v) is 6.57. The Kier molecular flexibility index (Phi) is 4.72. The molecule has 3 heterocycles. The SMILES string of the molecule is CCc1nnsc1C(=O)NC[C@@]1(O)CCN(c2ccc(F)cn2)C1. The summed E-state index contributed by atoms with van der Waals surface area (Å²) in [6.45, 7) is 2.96.